The number of hydrogen-bond donors (Lipinski definition) is 0. The summed E-state index contributed by atoms with van der Waals surface area (Å²) >= 11 is 0. The molecule has 1 aromatic carbocycles. The highest BCUT2D eigenvalue weighted by atomic mass is 19.1. The lowest BCUT2D eigenvalue weighted by atomic mass is 10.0. The van der Waals surface area contributed by atoms with Gasteiger partial charge in [0.05, 0.1) is 12.2 Å². The number of benzene rings is 1. The van der Waals surface area contributed by atoms with E-state index in [2.05, 4.69) is 21.3 Å². The van der Waals surface area contributed by atoms with Gasteiger partial charge in [-0.3, -0.25) is 0 Å². The first-order valence-corrected chi connectivity index (χ1v) is 10.1. The number of carbonyl (C=O) groups excluding carboxylic acids is 1. The van der Waals surface area contributed by atoms with Crippen molar-refractivity contribution < 1.29 is 13.6 Å². The number of aromatic nitrogens is 3. The second-order valence-electron chi connectivity index (χ2n) is 7.57. The molecule has 9 nitrogen and oxygen atoms in total. The summed E-state index contributed by atoms with van der Waals surface area (Å²) in [5.41, 5.74) is 1.31. The molecule has 32 heavy (non-hydrogen) atoms. The number of rotatable bonds is 2. The van der Waals surface area contributed by atoms with Gasteiger partial charge in [-0.15, -0.1) is 5.10 Å². The van der Waals surface area contributed by atoms with Crippen molar-refractivity contribution in [1.82, 2.24) is 24.5 Å². The van der Waals surface area contributed by atoms with E-state index in [0.29, 0.717) is 55.3 Å². The summed E-state index contributed by atoms with van der Waals surface area (Å²) in [6, 6.07) is 8.10. The van der Waals surface area contributed by atoms with E-state index in [1.54, 1.807) is 17.2 Å². The number of imidazole rings is 1. The van der Waals surface area contributed by atoms with Gasteiger partial charge >= 0.3 is 6.03 Å². The van der Waals surface area contributed by atoms with E-state index in [-0.39, 0.29) is 6.03 Å². The maximum atomic E-state index is 13.7. The van der Waals surface area contributed by atoms with E-state index in [1.807, 2.05) is 11.0 Å². The highest BCUT2D eigenvalue weighted by Crippen LogP contribution is 2.30. The van der Waals surface area contributed by atoms with Crippen LogP contribution in [0.5, 0.6) is 0 Å². The maximum absolute atomic E-state index is 13.7. The Bertz CT molecular complexity index is 1240. The number of nitriles is 1. The molecule has 2 amide bonds. The van der Waals surface area contributed by atoms with Crippen LogP contribution in [0.1, 0.15) is 23.7 Å². The Labute approximate surface area is 181 Å². The first-order valence-electron chi connectivity index (χ1n) is 10.1. The van der Waals surface area contributed by atoms with E-state index >= 15 is 0 Å². The fourth-order valence-corrected chi connectivity index (χ4v) is 4.02. The van der Waals surface area contributed by atoms with Crippen molar-refractivity contribution in [1.29, 1.82) is 5.26 Å². The van der Waals surface area contributed by atoms with Gasteiger partial charge in [-0.1, -0.05) is 0 Å². The highest BCUT2D eigenvalue weighted by Gasteiger charge is 2.33. The minimum atomic E-state index is -0.685. The minimum absolute atomic E-state index is 0.308. The molecule has 1 fully saturated rings. The van der Waals surface area contributed by atoms with E-state index < -0.39 is 17.7 Å². The van der Waals surface area contributed by atoms with Crippen LogP contribution in [0.15, 0.2) is 41.6 Å². The van der Waals surface area contributed by atoms with Gasteiger partial charge in [-0.25, -0.2) is 28.1 Å². The van der Waals surface area contributed by atoms with Crippen molar-refractivity contribution in [3.8, 4) is 6.07 Å². The van der Waals surface area contributed by atoms with Gasteiger partial charge in [0.1, 0.15) is 23.5 Å². The van der Waals surface area contributed by atoms with Gasteiger partial charge in [-0.2, -0.15) is 10.4 Å². The lowest BCUT2D eigenvalue weighted by Gasteiger charge is -2.37. The Balaban J connectivity index is 1.28. The van der Waals surface area contributed by atoms with Gasteiger partial charge < -0.3 is 9.80 Å². The van der Waals surface area contributed by atoms with Crippen LogP contribution >= 0.6 is 0 Å². The third kappa shape index (κ3) is 3.49. The second kappa shape index (κ2) is 7.88. The molecule has 2 aliphatic heterocycles. The predicted molar refractivity (Wildman–Crippen MR) is 111 cm³/mol. The number of halogens is 2. The molecule has 11 heteroatoms. The molecule has 162 valence electrons. The highest BCUT2D eigenvalue weighted by molar-refractivity contribution is 5.78. The molecule has 2 aliphatic rings. The van der Waals surface area contributed by atoms with Crippen LogP contribution in [0.2, 0.25) is 0 Å². The van der Waals surface area contributed by atoms with Crippen LogP contribution in [0.3, 0.4) is 0 Å². The van der Waals surface area contributed by atoms with Crippen molar-refractivity contribution in [3.05, 3.63) is 59.4 Å². The normalized spacial score (nSPS) is 18.4. The molecule has 0 bridgehead atoms. The van der Waals surface area contributed by atoms with Gasteiger partial charge in [0.15, 0.2) is 11.3 Å². The molecular formula is C21H18F2N8O. The van der Waals surface area contributed by atoms with E-state index in [4.69, 9.17) is 0 Å². The van der Waals surface area contributed by atoms with Crippen LogP contribution in [-0.2, 0) is 0 Å². The molecule has 0 radical (unpaired) electrons. The molecule has 1 unspecified atom stereocenters. The van der Waals surface area contributed by atoms with E-state index in [0.717, 1.165) is 6.07 Å². The lowest BCUT2D eigenvalue weighted by molar-refractivity contribution is 0.139. The Morgan fingerprint density at radius 3 is 2.56 bits per heavy atom. The Morgan fingerprint density at radius 2 is 1.84 bits per heavy atom. The summed E-state index contributed by atoms with van der Waals surface area (Å²) in [5.74, 6) is -0.684. The molecule has 0 spiro atoms. The summed E-state index contributed by atoms with van der Waals surface area (Å²) < 4.78 is 28.8. The van der Waals surface area contributed by atoms with Crippen molar-refractivity contribution in [3.63, 3.8) is 0 Å². The Morgan fingerprint density at radius 1 is 1.09 bits per heavy atom. The number of hydrogen-bond acceptors (Lipinski definition) is 6. The zero-order chi connectivity index (χ0) is 22.2. The summed E-state index contributed by atoms with van der Waals surface area (Å²) in [4.78, 5) is 20.9. The average Bonchev–Trinajstić information content (AvgIpc) is 3.45. The fraction of sp³-hybridized carbons (Fsp3) is 0.286. The molecule has 5 rings (SSSR count). The lowest BCUT2D eigenvalue weighted by Crippen LogP contribution is -2.52. The van der Waals surface area contributed by atoms with E-state index in [9.17, 15) is 18.8 Å². The summed E-state index contributed by atoms with van der Waals surface area (Å²) in [6.45, 7) is 1.95. The molecule has 2 aromatic heterocycles. The zero-order valence-corrected chi connectivity index (χ0v) is 16.9. The Hall–Kier alpha value is -4.07. The van der Waals surface area contributed by atoms with Crippen molar-refractivity contribution in [2.45, 2.75) is 12.5 Å². The van der Waals surface area contributed by atoms with Crippen LogP contribution < -0.4 is 4.90 Å². The van der Waals surface area contributed by atoms with Gasteiger partial charge in [-0.05, 0) is 29.8 Å². The SMILES string of the molecule is N#Cc1cnc2ccc(N3CCN(C(=O)N4N=CCC4c4cc(F)cc(F)c4)CC3)nn12. The van der Waals surface area contributed by atoms with Crippen LogP contribution in [0, 0.1) is 23.0 Å². The first kappa shape index (κ1) is 19.9. The Kier molecular flexibility index (Phi) is 4.89. The molecule has 0 aliphatic carbocycles. The second-order valence-corrected chi connectivity index (χ2v) is 7.57. The summed E-state index contributed by atoms with van der Waals surface area (Å²) in [7, 11) is 0. The number of hydrazone groups is 1. The van der Waals surface area contributed by atoms with Gasteiger partial charge in [0.2, 0.25) is 0 Å². The average molecular weight is 436 g/mol. The van der Waals surface area contributed by atoms with Gasteiger partial charge in [0, 0.05) is 44.9 Å². The number of piperazine rings is 1. The molecule has 1 saturated heterocycles. The largest absolute Gasteiger partial charge is 0.352 e. The molecule has 4 heterocycles. The predicted octanol–water partition coefficient (Wildman–Crippen LogP) is 2.55. The molecule has 0 N–H and O–H groups in total. The van der Waals surface area contributed by atoms with Crippen molar-refractivity contribution in [2.24, 2.45) is 5.10 Å². The van der Waals surface area contributed by atoms with Crippen molar-refractivity contribution >= 4 is 23.7 Å². The first-order chi connectivity index (χ1) is 15.5. The molecule has 0 saturated carbocycles. The van der Waals surface area contributed by atoms with Crippen LogP contribution in [-0.4, -0.2) is 62.9 Å². The van der Waals surface area contributed by atoms with Gasteiger partial charge in [0.25, 0.3) is 0 Å². The number of anilines is 1. The number of urea groups is 1. The zero-order valence-electron chi connectivity index (χ0n) is 16.9. The number of carbonyl (C=O) groups is 1. The number of fused-ring (bicyclic) bond motifs is 1. The topological polar surface area (TPSA) is 93.1 Å². The van der Waals surface area contributed by atoms with Crippen molar-refractivity contribution in [2.75, 3.05) is 31.1 Å². The molecule has 3 aromatic rings. The van der Waals surface area contributed by atoms with Crippen LogP contribution in [0.4, 0.5) is 19.4 Å². The number of nitrogens with zero attached hydrogens (tertiary/aromatic N) is 8. The summed E-state index contributed by atoms with van der Waals surface area (Å²) in [6.07, 6.45) is 3.45. The maximum Gasteiger partial charge on any atom is 0.341 e. The number of amides is 2. The smallest absolute Gasteiger partial charge is 0.341 e. The quantitative estimate of drug-likeness (QED) is 0.616. The third-order valence-electron chi connectivity index (χ3n) is 5.63. The standard InChI is InChI=1S/C21H18F2N8O/c22-15-9-14(10-16(23)11-15)18-3-4-26-31(18)21(32)29-7-5-28(6-8-29)20-2-1-19-25-13-17(12-24)30(19)27-20/h1-2,4,9-11,13,18H,3,5-8H2. The summed E-state index contributed by atoms with van der Waals surface area (Å²) in [5, 5.41) is 19.1. The monoisotopic (exact) mass is 436 g/mol. The minimum Gasteiger partial charge on any atom is -0.352 e. The third-order valence-corrected chi connectivity index (χ3v) is 5.63. The fourth-order valence-electron chi connectivity index (χ4n) is 4.02. The molecular weight excluding hydrogens is 418 g/mol. The van der Waals surface area contributed by atoms with Crippen LogP contribution in [0.25, 0.3) is 5.65 Å². The molecule has 1 atom stereocenters. The van der Waals surface area contributed by atoms with E-state index in [1.165, 1.54) is 27.9 Å².